The van der Waals surface area contributed by atoms with Crippen molar-refractivity contribution in [1.82, 2.24) is 10.6 Å². The molecule has 0 saturated carbocycles. The number of non-ortho nitro benzene ring substituents is 1. The van der Waals surface area contributed by atoms with Crippen molar-refractivity contribution < 1.29 is 9.72 Å². The van der Waals surface area contributed by atoms with E-state index in [1.54, 1.807) is 12.1 Å². The molecule has 1 aromatic carbocycles. The standard InChI is InChI=1S/C13H19N3O3S.ClH/c1-9(14-3)8-15-13(17)10(2)20-12-6-4-11(5-7-12)16(18)19;/h4-7,9-10,14H,8H2,1-3H3,(H,15,17);1H. The van der Waals surface area contributed by atoms with Gasteiger partial charge in [0, 0.05) is 29.6 Å². The summed E-state index contributed by atoms with van der Waals surface area (Å²) in [6, 6.07) is 6.41. The van der Waals surface area contributed by atoms with Gasteiger partial charge in [-0.25, -0.2) is 0 Å². The Morgan fingerprint density at radius 3 is 2.38 bits per heavy atom. The number of nitro groups is 1. The molecule has 0 aliphatic carbocycles. The van der Waals surface area contributed by atoms with E-state index in [0.717, 1.165) is 4.90 Å². The van der Waals surface area contributed by atoms with Crippen LogP contribution >= 0.6 is 24.2 Å². The van der Waals surface area contributed by atoms with Crippen LogP contribution in [0, 0.1) is 10.1 Å². The molecule has 0 spiro atoms. The number of hydrogen-bond donors (Lipinski definition) is 2. The molecule has 21 heavy (non-hydrogen) atoms. The summed E-state index contributed by atoms with van der Waals surface area (Å²) in [6.45, 7) is 4.36. The van der Waals surface area contributed by atoms with Crippen molar-refractivity contribution in [3.05, 3.63) is 34.4 Å². The van der Waals surface area contributed by atoms with Crippen LogP contribution in [-0.2, 0) is 4.79 Å². The summed E-state index contributed by atoms with van der Waals surface area (Å²) in [5, 5.41) is 16.2. The van der Waals surface area contributed by atoms with Gasteiger partial charge < -0.3 is 10.6 Å². The molecule has 0 aliphatic rings. The second-order valence-electron chi connectivity index (χ2n) is 4.45. The fraction of sp³-hybridized carbons (Fsp3) is 0.462. The molecular weight excluding hydrogens is 314 g/mol. The van der Waals surface area contributed by atoms with Crippen molar-refractivity contribution >= 4 is 35.8 Å². The van der Waals surface area contributed by atoms with Crippen LogP contribution in [0.1, 0.15) is 13.8 Å². The Hall–Kier alpha value is -1.31. The van der Waals surface area contributed by atoms with Gasteiger partial charge in [0.1, 0.15) is 0 Å². The van der Waals surface area contributed by atoms with Gasteiger partial charge in [0.15, 0.2) is 0 Å². The van der Waals surface area contributed by atoms with Crippen molar-refractivity contribution in [2.75, 3.05) is 13.6 Å². The number of nitrogens with zero attached hydrogens (tertiary/aromatic N) is 1. The second-order valence-corrected chi connectivity index (χ2v) is 5.86. The van der Waals surface area contributed by atoms with E-state index in [2.05, 4.69) is 10.6 Å². The number of amides is 1. The molecular formula is C13H20ClN3O3S. The van der Waals surface area contributed by atoms with Gasteiger partial charge in [-0.2, -0.15) is 0 Å². The first-order valence-corrected chi connectivity index (χ1v) is 7.18. The largest absolute Gasteiger partial charge is 0.354 e. The minimum Gasteiger partial charge on any atom is -0.354 e. The van der Waals surface area contributed by atoms with Gasteiger partial charge in [0.25, 0.3) is 5.69 Å². The summed E-state index contributed by atoms with van der Waals surface area (Å²) in [6.07, 6.45) is 0. The van der Waals surface area contributed by atoms with Crippen LogP contribution in [0.4, 0.5) is 5.69 Å². The second kappa shape index (κ2) is 9.59. The molecule has 1 amide bonds. The molecule has 1 aromatic rings. The molecule has 6 nitrogen and oxygen atoms in total. The Labute approximate surface area is 134 Å². The van der Waals surface area contributed by atoms with Crippen molar-refractivity contribution in [3.8, 4) is 0 Å². The number of likely N-dealkylation sites (N-methyl/N-ethyl adjacent to an activating group) is 1. The number of carbonyl (C=O) groups excluding carboxylic acids is 1. The lowest BCUT2D eigenvalue weighted by Gasteiger charge is -2.15. The maximum absolute atomic E-state index is 11.9. The SMILES string of the molecule is CNC(C)CNC(=O)C(C)Sc1ccc([N+](=O)[O-])cc1.Cl. The third-order valence-electron chi connectivity index (χ3n) is 2.80. The van der Waals surface area contributed by atoms with Gasteiger partial charge in [-0.3, -0.25) is 14.9 Å². The summed E-state index contributed by atoms with van der Waals surface area (Å²) in [7, 11) is 1.84. The minimum absolute atomic E-state index is 0. The summed E-state index contributed by atoms with van der Waals surface area (Å²) in [5.74, 6) is -0.0459. The summed E-state index contributed by atoms with van der Waals surface area (Å²) < 4.78 is 0. The van der Waals surface area contributed by atoms with Crippen LogP contribution in [0.3, 0.4) is 0 Å². The number of nitro benzene ring substituents is 1. The number of halogens is 1. The molecule has 0 aliphatic heterocycles. The van der Waals surface area contributed by atoms with E-state index < -0.39 is 4.92 Å². The van der Waals surface area contributed by atoms with Crippen LogP contribution in [0.25, 0.3) is 0 Å². The Kier molecular flexibility index (Phi) is 9.00. The predicted octanol–water partition coefficient (Wildman–Crippen LogP) is 2.22. The monoisotopic (exact) mass is 333 g/mol. The normalized spacial score (nSPS) is 12.9. The molecule has 0 radical (unpaired) electrons. The highest BCUT2D eigenvalue weighted by molar-refractivity contribution is 8.00. The first kappa shape index (κ1) is 19.7. The van der Waals surface area contributed by atoms with Gasteiger partial charge >= 0.3 is 0 Å². The molecule has 0 heterocycles. The van der Waals surface area contributed by atoms with E-state index in [1.165, 1.54) is 23.9 Å². The lowest BCUT2D eigenvalue weighted by Crippen LogP contribution is -2.40. The van der Waals surface area contributed by atoms with Gasteiger partial charge in [0.2, 0.25) is 5.91 Å². The average Bonchev–Trinajstić information content (AvgIpc) is 2.44. The fourth-order valence-electron chi connectivity index (χ4n) is 1.40. The highest BCUT2D eigenvalue weighted by atomic mass is 35.5. The maximum Gasteiger partial charge on any atom is 0.269 e. The minimum atomic E-state index is -0.441. The number of carbonyl (C=O) groups is 1. The molecule has 2 N–H and O–H groups in total. The number of rotatable bonds is 7. The van der Waals surface area contributed by atoms with Crippen LogP contribution in [-0.4, -0.2) is 35.7 Å². The van der Waals surface area contributed by atoms with Crippen LogP contribution < -0.4 is 10.6 Å². The smallest absolute Gasteiger partial charge is 0.269 e. The maximum atomic E-state index is 11.9. The van der Waals surface area contributed by atoms with Crippen molar-refractivity contribution in [2.24, 2.45) is 0 Å². The molecule has 0 aromatic heterocycles. The zero-order valence-electron chi connectivity index (χ0n) is 12.2. The van der Waals surface area contributed by atoms with Crippen molar-refractivity contribution in [3.63, 3.8) is 0 Å². The number of thioether (sulfide) groups is 1. The first-order valence-electron chi connectivity index (χ1n) is 6.30. The van der Waals surface area contributed by atoms with Gasteiger partial charge in [0.05, 0.1) is 10.2 Å². The number of nitrogens with one attached hydrogen (secondary N) is 2. The first-order chi connectivity index (χ1) is 9.43. The molecule has 0 fully saturated rings. The molecule has 2 unspecified atom stereocenters. The molecule has 0 bridgehead atoms. The Morgan fingerprint density at radius 2 is 1.90 bits per heavy atom. The summed E-state index contributed by atoms with van der Waals surface area (Å²) in [4.78, 5) is 22.8. The Morgan fingerprint density at radius 1 is 1.33 bits per heavy atom. The summed E-state index contributed by atoms with van der Waals surface area (Å²) in [5.41, 5.74) is 0.0503. The molecule has 0 saturated heterocycles. The van der Waals surface area contributed by atoms with E-state index in [0.29, 0.717) is 6.54 Å². The topological polar surface area (TPSA) is 84.3 Å². The zero-order valence-corrected chi connectivity index (χ0v) is 13.8. The highest BCUT2D eigenvalue weighted by Crippen LogP contribution is 2.25. The molecule has 2 atom stereocenters. The van der Waals surface area contributed by atoms with Gasteiger partial charge in [-0.05, 0) is 33.0 Å². The van der Waals surface area contributed by atoms with E-state index >= 15 is 0 Å². The number of benzene rings is 1. The average molecular weight is 334 g/mol. The Bertz CT molecular complexity index is 470. The van der Waals surface area contributed by atoms with Crippen molar-refractivity contribution in [2.45, 2.75) is 30.0 Å². The molecule has 1 rings (SSSR count). The number of hydrogen-bond acceptors (Lipinski definition) is 5. The third kappa shape index (κ3) is 6.79. The van der Waals surface area contributed by atoms with Gasteiger partial charge in [-0.1, -0.05) is 0 Å². The quantitative estimate of drug-likeness (QED) is 0.454. The molecule has 118 valence electrons. The van der Waals surface area contributed by atoms with E-state index in [9.17, 15) is 14.9 Å². The predicted molar refractivity (Wildman–Crippen MR) is 87.2 cm³/mol. The van der Waals surface area contributed by atoms with Crippen LogP contribution in [0.5, 0.6) is 0 Å². The van der Waals surface area contributed by atoms with Crippen LogP contribution in [0.2, 0.25) is 0 Å². The van der Waals surface area contributed by atoms with E-state index in [-0.39, 0.29) is 35.3 Å². The lowest BCUT2D eigenvalue weighted by molar-refractivity contribution is -0.384. The van der Waals surface area contributed by atoms with Gasteiger partial charge in [-0.15, -0.1) is 24.2 Å². The third-order valence-corrected chi connectivity index (χ3v) is 3.92. The van der Waals surface area contributed by atoms with Crippen LogP contribution in [0.15, 0.2) is 29.2 Å². The Balaban J connectivity index is 0.00000400. The molecule has 8 heteroatoms. The zero-order chi connectivity index (χ0) is 15.1. The van der Waals surface area contributed by atoms with E-state index in [4.69, 9.17) is 0 Å². The van der Waals surface area contributed by atoms with Crippen molar-refractivity contribution in [1.29, 1.82) is 0 Å². The van der Waals surface area contributed by atoms with E-state index in [1.807, 2.05) is 20.9 Å². The highest BCUT2D eigenvalue weighted by Gasteiger charge is 2.15. The fourth-order valence-corrected chi connectivity index (χ4v) is 2.30. The summed E-state index contributed by atoms with van der Waals surface area (Å²) >= 11 is 1.38. The lowest BCUT2D eigenvalue weighted by atomic mass is 10.3.